The maximum atomic E-state index is 15.0. The summed E-state index contributed by atoms with van der Waals surface area (Å²) in [5.41, 5.74) is -3.91. The smallest absolute Gasteiger partial charge is 0.429 e. The van der Waals surface area contributed by atoms with Crippen LogP contribution in [0.4, 0.5) is 48.3 Å². The first-order chi connectivity index (χ1) is 20.6. The van der Waals surface area contributed by atoms with Crippen LogP contribution in [0, 0.1) is 46.7 Å². The van der Waals surface area contributed by atoms with E-state index in [0.717, 1.165) is 12.1 Å². The summed E-state index contributed by atoms with van der Waals surface area (Å²) in [4.78, 5) is 0. The van der Waals surface area contributed by atoms with E-state index in [4.69, 9.17) is 9.47 Å². The van der Waals surface area contributed by atoms with Crippen molar-refractivity contribution in [3.63, 3.8) is 0 Å². The second-order valence-electron chi connectivity index (χ2n) is 9.40. The van der Waals surface area contributed by atoms with Crippen LogP contribution in [0.5, 0.6) is 5.75 Å². The highest BCUT2D eigenvalue weighted by atomic mass is 19.4. The molecule has 0 radical (unpaired) electrons. The van der Waals surface area contributed by atoms with Gasteiger partial charge in [0.05, 0.1) is 24.2 Å². The Hall–Kier alpha value is -4.35. The SMILES string of the molecule is Fc1cc(C2OCCCO2)ccc1-c1cc(F)c(C(F)(F)Oc2cc(F)c3c(F)c(C#CC(F)(F)F)c(F)cc3c2)c(F)c1. The molecule has 0 aromatic heterocycles. The molecule has 1 fully saturated rings. The minimum absolute atomic E-state index is 0.152. The molecular weight excluding hydrogens is 617 g/mol. The highest BCUT2D eigenvalue weighted by Crippen LogP contribution is 2.39. The third-order valence-electron chi connectivity index (χ3n) is 6.37. The van der Waals surface area contributed by atoms with Gasteiger partial charge in [0.1, 0.15) is 40.4 Å². The maximum absolute atomic E-state index is 15.0. The van der Waals surface area contributed by atoms with Crippen molar-refractivity contribution in [2.75, 3.05) is 13.2 Å². The lowest BCUT2D eigenvalue weighted by atomic mass is 10.00. The summed E-state index contributed by atoms with van der Waals surface area (Å²) in [5, 5.41) is -1.88. The van der Waals surface area contributed by atoms with E-state index in [-0.39, 0.29) is 17.2 Å². The third kappa shape index (κ3) is 6.29. The van der Waals surface area contributed by atoms with E-state index in [1.165, 1.54) is 12.0 Å². The molecule has 0 unspecified atom stereocenters. The first-order valence-electron chi connectivity index (χ1n) is 12.4. The molecule has 1 heterocycles. The van der Waals surface area contributed by atoms with E-state index in [2.05, 4.69) is 4.74 Å². The minimum Gasteiger partial charge on any atom is -0.429 e. The number of hydrogen-bond acceptors (Lipinski definition) is 3. The van der Waals surface area contributed by atoms with Crippen molar-refractivity contribution in [2.24, 2.45) is 0 Å². The molecule has 0 aliphatic carbocycles. The molecule has 1 saturated heterocycles. The molecule has 4 aromatic rings. The summed E-state index contributed by atoms with van der Waals surface area (Å²) in [6, 6.07) is 5.27. The van der Waals surface area contributed by atoms with Crippen LogP contribution in [0.3, 0.4) is 0 Å². The topological polar surface area (TPSA) is 27.7 Å². The third-order valence-corrected chi connectivity index (χ3v) is 6.37. The number of rotatable bonds is 5. The number of ether oxygens (including phenoxy) is 3. The van der Waals surface area contributed by atoms with E-state index in [0.29, 0.717) is 49.8 Å². The van der Waals surface area contributed by atoms with Gasteiger partial charge in [-0.15, -0.1) is 0 Å². The lowest BCUT2D eigenvalue weighted by Crippen LogP contribution is -2.25. The molecule has 4 aromatic carbocycles. The van der Waals surface area contributed by atoms with E-state index >= 15 is 8.78 Å². The van der Waals surface area contributed by atoms with E-state index in [9.17, 15) is 39.5 Å². The van der Waals surface area contributed by atoms with Crippen molar-refractivity contribution in [3.05, 3.63) is 100 Å². The van der Waals surface area contributed by atoms with E-state index < -0.39 is 86.7 Å². The van der Waals surface area contributed by atoms with Crippen molar-refractivity contribution >= 4 is 10.8 Å². The minimum atomic E-state index is -5.13. The Bertz CT molecular complexity index is 1790. The lowest BCUT2D eigenvalue weighted by Gasteiger charge is -2.24. The Balaban J connectivity index is 1.45. The zero-order chi connectivity index (χ0) is 32.0. The van der Waals surface area contributed by atoms with Crippen molar-refractivity contribution in [1.29, 1.82) is 0 Å². The second kappa shape index (κ2) is 11.6. The average molecular weight is 632 g/mol. The quantitative estimate of drug-likeness (QED) is 0.163. The summed E-state index contributed by atoms with van der Waals surface area (Å²) in [6.45, 7) is 0.729. The predicted octanol–water partition coefficient (Wildman–Crippen LogP) is 8.82. The van der Waals surface area contributed by atoms with Gasteiger partial charge in [0.15, 0.2) is 12.1 Å². The number of hydrogen-bond donors (Lipinski definition) is 0. The molecule has 0 spiro atoms. The molecule has 0 N–H and O–H groups in total. The maximum Gasteiger partial charge on any atom is 0.458 e. The molecule has 1 aliphatic heterocycles. The standard InChI is InChI=1S/C30H15F11O3/c31-20-9-14(28-42-6-1-7-43-28)2-3-18(20)15-10-23(34)26(24(35)11-15)30(40,41)44-17-8-16-12-21(32)19(4-5-29(37,38)39)27(36)25(16)22(33)13-17/h2-3,8-13,28H,1,6-7H2. The molecular formula is C30H15F11O3. The van der Waals surface area contributed by atoms with Crippen molar-refractivity contribution in [2.45, 2.75) is 25.0 Å². The first-order valence-corrected chi connectivity index (χ1v) is 12.4. The Morgan fingerprint density at radius 2 is 1.39 bits per heavy atom. The zero-order valence-corrected chi connectivity index (χ0v) is 21.7. The summed E-state index contributed by atoms with van der Waals surface area (Å²) in [6.07, 6.45) is -10.2. The molecule has 0 atom stereocenters. The summed E-state index contributed by atoms with van der Waals surface area (Å²) >= 11 is 0. The Kier molecular flexibility index (Phi) is 8.21. The monoisotopic (exact) mass is 632 g/mol. The van der Waals surface area contributed by atoms with Crippen LogP contribution in [0.25, 0.3) is 21.9 Å². The first kappa shape index (κ1) is 31.1. The van der Waals surface area contributed by atoms with Crippen LogP contribution < -0.4 is 4.74 Å². The van der Waals surface area contributed by atoms with Gasteiger partial charge in [-0.25, -0.2) is 26.3 Å². The predicted molar refractivity (Wildman–Crippen MR) is 132 cm³/mol. The Labute approximate surface area is 240 Å². The molecule has 0 saturated carbocycles. The second-order valence-corrected chi connectivity index (χ2v) is 9.40. The van der Waals surface area contributed by atoms with Crippen LogP contribution in [0.1, 0.15) is 29.4 Å². The van der Waals surface area contributed by atoms with Gasteiger partial charge in [-0.05, 0) is 47.7 Å². The van der Waals surface area contributed by atoms with Crippen LogP contribution in [0.2, 0.25) is 0 Å². The largest absolute Gasteiger partial charge is 0.458 e. The van der Waals surface area contributed by atoms with Gasteiger partial charge in [-0.2, -0.15) is 22.0 Å². The van der Waals surface area contributed by atoms with Gasteiger partial charge in [-0.3, -0.25) is 0 Å². The van der Waals surface area contributed by atoms with E-state index in [1.807, 2.05) is 0 Å². The molecule has 5 rings (SSSR count). The van der Waals surface area contributed by atoms with Gasteiger partial charge < -0.3 is 14.2 Å². The van der Waals surface area contributed by atoms with Crippen LogP contribution in [-0.2, 0) is 15.6 Å². The van der Waals surface area contributed by atoms with Crippen molar-refractivity contribution in [3.8, 4) is 28.7 Å². The van der Waals surface area contributed by atoms with Gasteiger partial charge in [0.25, 0.3) is 0 Å². The van der Waals surface area contributed by atoms with Crippen molar-refractivity contribution in [1.82, 2.24) is 0 Å². The average Bonchev–Trinajstić information content (AvgIpc) is 2.91. The van der Waals surface area contributed by atoms with Crippen molar-refractivity contribution < 1.29 is 62.5 Å². The normalized spacial score (nSPS) is 14.4. The number of fused-ring (bicyclic) bond motifs is 1. The molecule has 1 aliphatic rings. The fourth-order valence-electron chi connectivity index (χ4n) is 4.49. The Morgan fingerprint density at radius 3 is 2.00 bits per heavy atom. The number of benzene rings is 4. The van der Waals surface area contributed by atoms with Crippen LogP contribution >= 0.6 is 0 Å². The highest BCUT2D eigenvalue weighted by Gasteiger charge is 2.41. The van der Waals surface area contributed by atoms with Gasteiger partial charge in [-0.1, -0.05) is 18.1 Å². The molecule has 3 nitrogen and oxygen atoms in total. The molecule has 0 bridgehead atoms. The van der Waals surface area contributed by atoms with Crippen LogP contribution in [-0.4, -0.2) is 19.4 Å². The Morgan fingerprint density at radius 1 is 0.727 bits per heavy atom. The highest BCUT2D eigenvalue weighted by molar-refractivity contribution is 5.87. The molecule has 0 amide bonds. The van der Waals surface area contributed by atoms with Gasteiger partial charge >= 0.3 is 12.3 Å². The van der Waals surface area contributed by atoms with Gasteiger partial charge in [0.2, 0.25) is 0 Å². The fraction of sp³-hybridized carbons (Fsp3) is 0.200. The summed E-state index contributed by atoms with van der Waals surface area (Å²) < 4.78 is 170. The summed E-state index contributed by atoms with van der Waals surface area (Å²) in [7, 11) is 0. The molecule has 230 valence electrons. The van der Waals surface area contributed by atoms with Gasteiger partial charge in [0, 0.05) is 23.1 Å². The number of alkyl halides is 5. The molecule has 14 heteroatoms. The fourth-order valence-corrected chi connectivity index (χ4v) is 4.49. The molecule has 44 heavy (non-hydrogen) atoms. The van der Waals surface area contributed by atoms with Crippen LogP contribution in [0.15, 0.2) is 48.5 Å². The zero-order valence-electron chi connectivity index (χ0n) is 21.7. The number of halogens is 11. The lowest BCUT2D eigenvalue weighted by molar-refractivity contribution is -0.189. The summed E-state index contributed by atoms with van der Waals surface area (Å²) in [5.74, 6) is -9.24. The van der Waals surface area contributed by atoms with E-state index in [1.54, 1.807) is 0 Å².